The summed E-state index contributed by atoms with van der Waals surface area (Å²) in [5.74, 6) is 0.160. The molecular formula is C21H33N5OS. The number of hydrogen-bond acceptors (Lipinski definition) is 5. The summed E-state index contributed by atoms with van der Waals surface area (Å²) in [4.78, 5) is 20.7. The Labute approximate surface area is 171 Å². The molecule has 154 valence electrons. The molecule has 0 spiro atoms. The van der Waals surface area contributed by atoms with Crippen LogP contribution in [0.25, 0.3) is 10.2 Å². The molecule has 1 N–H and O–H groups in total. The number of amides is 1. The molecule has 0 saturated carbocycles. The lowest BCUT2D eigenvalue weighted by molar-refractivity contribution is -0.132. The molecule has 1 amide bonds. The molecule has 6 nitrogen and oxygen atoms in total. The maximum absolute atomic E-state index is 13.1. The van der Waals surface area contributed by atoms with Crippen molar-refractivity contribution in [3.8, 4) is 0 Å². The van der Waals surface area contributed by atoms with Crippen LogP contribution in [0.1, 0.15) is 59.3 Å². The fourth-order valence-electron chi connectivity index (χ4n) is 3.03. The van der Waals surface area contributed by atoms with Crippen LogP contribution in [-0.2, 0) is 11.3 Å². The Bertz CT molecular complexity index is 831. The van der Waals surface area contributed by atoms with Gasteiger partial charge >= 0.3 is 0 Å². The predicted octanol–water partition coefficient (Wildman–Crippen LogP) is 5.49. The predicted molar refractivity (Wildman–Crippen MR) is 116 cm³/mol. The van der Waals surface area contributed by atoms with Gasteiger partial charge < -0.3 is 9.47 Å². The number of carbonyl (C=O) groups excluding carboxylic acids is 1. The number of aromatic nitrogens is 1. The minimum atomic E-state index is 0.160. The molecule has 7 heteroatoms. The molecule has 2 aromatic rings. The lowest BCUT2D eigenvalue weighted by Crippen LogP contribution is -2.37. The molecular weight excluding hydrogens is 370 g/mol. The Balaban J connectivity index is 2.36. The molecule has 1 aromatic heterocycles. The fourth-order valence-corrected chi connectivity index (χ4v) is 4.12. The standard InChI is InChI=1S/C21H33N5OS/c1-4-7-12-23-21-26(18-11-10-17(24-22)15-19(18)28-21)16-20(27)25(13-8-5-2)14-9-6-3/h10-11,15,22H,4-9,12-14,16H2,1-3H3. The van der Waals surface area contributed by atoms with Gasteiger partial charge in [0.05, 0.1) is 15.9 Å². The number of thiazole rings is 1. The smallest absolute Gasteiger partial charge is 0.242 e. The summed E-state index contributed by atoms with van der Waals surface area (Å²) in [5, 5.41) is 3.53. The lowest BCUT2D eigenvalue weighted by Gasteiger charge is -2.23. The maximum atomic E-state index is 13.1. The van der Waals surface area contributed by atoms with Crippen LogP contribution in [0, 0.1) is 5.53 Å². The highest BCUT2D eigenvalue weighted by Crippen LogP contribution is 2.23. The number of nitrogens with zero attached hydrogens (tertiary/aromatic N) is 4. The van der Waals surface area contributed by atoms with Crippen molar-refractivity contribution in [3.63, 3.8) is 0 Å². The van der Waals surface area contributed by atoms with Gasteiger partial charge in [-0.05, 0) is 37.5 Å². The highest BCUT2D eigenvalue weighted by atomic mass is 32.1. The van der Waals surface area contributed by atoms with Gasteiger partial charge in [-0.2, -0.15) is 5.11 Å². The lowest BCUT2D eigenvalue weighted by atomic mass is 10.2. The van der Waals surface area contributed by atoms with Crippen LogP contribution in [-0.4, -0.2) is 35.0 Å². The molecule has 0 saturated heterocycles. The summed E-state index contributed by atoms with van der Waals surface area (Å²) < 4.78 is 3.06. The second kappa shape index (κ2) is 11.7. The number of carbonyl (C=O) groups is 1. The molecule has 0 bridgehead atoms. The van der Waals surface area contributed by atoms with Crippen molar-refractivity contribution in [1.29, 1.82) is 5.53 Å². The van der Waals surface area contributed by atoms with Gasteiger partial charge in [-0.15, -0.1) is 0 Å². The van der Waals surface area contributed by atoms with Gasteiger partial charge in [0.15, 0.2) is 4.80 Å². The van der Waals surface area contributed by atoms with Crippen molar-refractivity contribution in [2.45, 2.75) is 65.8 Å². The van der Waals surface area contributed by atoms with E-state index in [9.17, 15) is 4.79 Å². The van der Waals surface area contributed by atoms with Crippen molar-refractivity contribution in [1.82, 2.24) is 9.47 Å². The zero-order valence-corrected chi connectivity index (χ0v) is 18.2. The molecule has 1 aromatic carbocycles. The third kappa shape index (κ3) is 5.99. The molecule has 0 aliphatic carbocycles. The number of fused-ring (bicyclic) bond motifs is 1. The first kappa shape index (κ1) is 22.3. The first-order valence-electron chi connectivity index (χ1n) is 10.4. The average Bonchev–Trinajstić information content (AvgIpc) is 3.04. The SMILES string of the molecule is CCCCN=c1sc2cc(N=N)ccc2n1CC(=O)N(CCCC)CCCC. The summed E-state index contributed by atoms with van der Waals surface area (Å²) in [6, 6.07) is 5.68. The molecule has 2 rings (SSSR count). The second-order valence-electron chi connectivity index (χ2n) is 7.06. The molecule has 0 unspecified atom stereocenters. The third-order valence-corrected chi connectivity index (χ3v) is 5.84. The monoisotopic (exact) mass is 403 g/mol. The van der Waals surface area contributed by atoms with Crippen molar-refractivity contribution in [2.75, 3.05) is 19.6 Å². The van der Waals surface area contributed by atoms with Gasteiger partial charge in [0.25, 0.3) is 0 Å². The van der Waals surface area contributed by atoms with Crippen LogP contribution in [0.4, 0.5) is 5.69 Å². The zero-order valence-electron chi connectivity index (χ0n) is 17.4. The van der Waals surface area contributed by atoms with Gasteiger partial charge in [-0.3, -0.25) is 9.79 Å². The molecule has 28 heavy (non-hydrogen) atoms. The van der Waals surface area contributed by atoms with E-state index in [0.717, 1.165) is 73.2 Å². The summed E-state index contributed by atoms with van der Waals surface area (Å²) in [5.41, 5.74) is 8.87. The Hall–Kier alpha value is -2.02. The van der Waals surface area contributed by atoms with Crippen LogP contribution >= 0.6 is 11.3 Å². The average molecular weight is 404 g/mol. The Morgan fingerprint density at radius 3 is 2.39 bits per heavy atom. The van der Waals surface area contributed by atoms with E-state index in [0.29, 0.717) is 12.2 Å². The summed E-state index contributed by atoms with van der Waals surface area (Å²) in [6.07, 6.45) is 6.37. The van der Waals surface area contributed by atoms with Gasteiger partial charge in [0.2, 0.25) is 5.91 Å². The van der Waals surface area contributed by atoms with Gasteiger partial charge in [0.1, 0.15) is 6.54 Å². The van der Waals surface area contributed by atoms with E-state index >= 15 is 0 Å². The third-order valence-electron chi connectivity index (χ3n) is 4.76. The van der Waals surface area contributed by atoms with Crippen LogP contribution in [0.2, 0.25) is 0 Å². The van der Waals surface area contributed by atoms with Crippen molar-refractivity contribution < 1.29 is 4.79 Å². The first-order chi connectivity index (χ1) is 13.6. The quantitative estimate of drug-likeness (QED) is 0.369. The highest BCUT2D eigenvalue weighted by Gasteiger charge is 2.16. The molecule has 1 heterocycles. The van der Waals surface area contributed by atoms with E-state index in [-0.39, 0.29) is 5.91 Å². The van der Waals surface area contributed by atoms with Crippen molar-refractivity contribution in [2.24, 2.45) is 10.1 Å². The zero-order chi connectivity index (χ0) is 20.4. The molecule has 0 radical (unpaired) electrons. The van der Waals surface area contributed by atoms with E-state index in [2.05, 4.69) is 25.9 Å². The van der Waals surface area contributed by atoms with E-state index in [1.165, 1.54) is 0 Å². The number of nitrogens with one attached hydrogen (secondary N) is 1. The van der Waals surface area contributed by atoms with Gasteiger partial charge in [-0.1, -0.05) is 51.4 Å². The Kier molecular flexibility index (Phi) is 9.34. The molecule has 0 atom stereocenters. The Morgan fingerprint density at radius 2 is 1.79 bits per heavy atom. The summed E-state index contributed by atoms with van der Waals surface area (Å²) in [6.45, 7) is 9.19. The summed E-state index contributed by atoms with van der Waals surface area (Å²) >= 11 is 1.58. The van der Waals surface area contributed by atoms with Gasteiger partial charge in [0, 0.05) is 19.6 Å². The Morgan fingerprint density at radius 1 is 1.11 bits per heavy atom. The van der Waals surface area contributed by atoms with E-state index in [4.69, 9.17) is 10.5 Å². The van der Waals surface area contributed by atoms with E-state index < -0.39 is 0 Å². The molecule has 0 aliphatic rings. The minimum Gasteiger partial charge on any atom is -0.341 e. The normalized spacial score (nSPS) is 11.9. The second-order valence-corrected chi connectivity index (χ2v) is 8.07. The van der Waals surface area contributed by atoms with Crippen LogP contribution < -0.4 is 4.80 Å². The first-order valence-corrected chi connectivity index (χ1v) is 11.2. The van der Waals surface area contributed by atoms with Crippen molar-refractivity contribution in [3.05, 3.63) is 23.0 Å². The topological polar surface area (TPSA) is 73.8 Å². The maximum Gasteiger partial charge on any atom is 0.242 e. The summed E-state index contributed by atoms with van der Waals surface area (Å²) in [7, 11) is 0. The minimum absolute atomic E-state index is 0.160. The van der Waals surface area contributed by atoms with E-state index in [1.807, 2.05) is 27.7 Å². The molecule has 0 aliphatic heterocycles. The van der Waals surface area contributed by atoms with Gasteiger partial charge in [-0.25, -0.2) is 5.53 Å². The number of rotatable bonds is 12. The number of unbranched alkanes of at least 4 members (excludes halogenated alkanes) is 3. The van der Waals surface area contributed by atoms with Crippen molar-refractivity contribution >= 4 is 33.1 Å². The largest absolute Gasteiger partial charge is 0.341 e. The highest BCUT2D eigenvalue weighted by molar-refractivity contribution is 7.16. The number of benzene rings is 1. The van der Waals surface area contributed by atoms with Crippen LogP contribution in [0.3, 0.4) is 0 Å². The van der Waals surface area contributed by atoms with E-state index in [1.54, 1.807) is 11.3 Å². The molecule has 0 fully saturated rings. The fraction of sp³-hybridized carbons (Fsp3) is 0.619. The van der Waals surface area contributed by atoms with Crippen LogP contribution in [0.5, 0.6) is 0 Å². The van der Waals surface area contributed by atoms with Crippen LogP contribution in [0.15, 0.2) is 28.3 Å². The number of hydrogen-bond donors (Lipinski definition) is 1.